The van der Waals surface area contributed by atoms with Gasteiger partial charge in [-0.25, -0.2) is 14.8 Å². The number of carbonyl (C=O) groups excluding carboxylic acids is 1. The number of halogens is 1. The molecule has 1 amide bonds. The lowest BCUT2D eigenvalue weighted by atomic mass is 9.93. The number of nitrogens with zero attached hydrogens (tertiary/aromatic N) is 4. The van der Waals surface area contributed by atoms with Crippen molar-refractivity contribution >= 4 is 29.2 Å². The van der Waals surface area contributed by atoms with Gasteiger partial charge in [-0.2, -0.15) is 0 Å². The first-order chi connectivity index (χ1) is 15.0. The number of carboxylic acid groups (broad SMARTS) is 1. The van der Waals surface area contributed by atoms with Gasteiger partial charge in [-0.1, -0.05) is 29.8 Å². The fourth-order valence-corrected chi connectivity index (χ4v) is 4.94. The van der Waals surface area contributed by atoms with E-state index < -0.39 is 12.0 Å². The van der Waals surface area contributed by atoms with Crippen molar-refractivity contribution in [2.45, 2.75) is 37.8 Å². The smallest absolute Gasteiger partial charge is 0.326 e. The van der Waals surface area contributed by atoms with E-state index in [9.17, 15) is 14.7 Å². The highest BCUT2D eigenvalue weighted by atomic mass is 35.5. The Balaban J connectivity index is 1.52. The van der Waals surface area contributed by atoms with Crippen molar-refractivity contribution in [3.8, 4) is 5.88 Å². The molecule has 2 aromatic rings. The van der Waals surface area contributed by atoms with E-state index in [2.05, 4.69) is 14.9 Å². The number of amides is 1. The van der Waals surface area contributed by atoms with Crippen LogP contribution in [0.2, 0.25) is 5.02 Å². The maximum absolute atomic E-state index is 13.5. The Hall–Kier alpha value is -2.87. The van der Waals surface area contributed by atoms with E-state index in [4.69, 9.17) is 16.3 Å². The Bertz CT molecular complexity index is 964. The summed E-state index contributed by atoms with van der Waals surface area (Å²) in [6.45, 7) is 1.28. The number of likely N-dealkylation sites (tertiary alicyclic amines) is 1. The number of rotatable bonds is 5. The number of piperidine rings is 1. The van der Waals surface area contributed by atoms with Crippen LogP contribution in [0.1, 0.15) is 37.3 Å². The summed E-state index contributed by atoms with van der Waals surface area (Å²) in [7, 11) is 1.57. The number of aliphatic carboxylic acids is 1. The topological polar surface area (TPSA) is 95.9 Å². The molecule has 0 radical (unpaired) electrons. The second-order valence-corrected chi connectivity index (χ2v) is 8.30. The molecule has 3 heterocycles. The number of carbonyl (C=O) groups is 2. The van der Waals surface area contributed by atoms with E-state index >= 15 is 0 Å². The molecule has 0 unspecified atom stereocenters. The molecule has 1 aromatic carbocycles. The summed E-state index contributed by atoms with van der Waals surface area (Å²) < 4.78 is 5.32. The standard InChI is InChI=1S/C22H25ClN4O4/c1-31-20-19(12-24-13-25-20)26-10-8-14(9-11-26)21(28)27-17(6-7-18(27)22(29)30)15-4-2-3-5-16(15)23/h2-5,12-14,17-18H,6-11H2,1H3,(H,29,30)/t17-,18+/m1/s1. The van der Waals surface area contributed by atoms with Crippen LogP contribution in [0.15, 0.2) is 36.8 Å². The third-order valence-corrected chi connectivity index (χ3v) is 6.57. The lowest BCUT2D eigenvalue weighted by molar-refractivity contribution is -0.152. The molecule has 2 aliphatic heterocycles. The van der Waals surface area contributed by atoms with Gasteiger partial charge in [0.25, 0.3) is 0 Å². The Kier molecular flexibility index (Phi) is 6.27. The summed E-state index contributed by atoms with van der Waals surface area (Å²) in [6.07, 6.45) is 5.40. The predicted molar refractivity (Wildman–Crippen MR) is 115 cm³/mol. The first-order valence-corrected chi connectivity index (χ1v) is 10.8. The number of anilines is 1. The second kappa shape index (κ2) is 9.09. The van der Waals surface area contributed by atoms with Crippen molar-refractivity contribution in [3.05, 3.63) is 47.4 Å². The summed E-state index contributed by atoms with van der Waals surface area (Å²) in [5.74, 6) is -0.807. The number of benzene rings is 1. The van der Waals surface area contributed by atoms with Gasteiger partial charge in [0, 0.05) is 24.0 Å². The maximum atomic E-state index is 13.5. The third kappa shape index (κ3) is 4.17. The molecule has 0 spiro atoms. The van der Waals surface area contributed by atoms with Crippen LogP contribution in [-0.4, -0.2) is 58.1 Å². The Morgan fingerprint density at radius 1 is 1.16 bits per heavy atom. The fraction of sp³-hybridized carbons (Fsp3) is 0.455. The molecule has 164 valence electrons. The van der Waals surface area contributed by atoms with Crippen molar-refractivity contribution in [1.82, 2.24) is 14.9 Å². The molecule has 0 bridgehead atoms. The molecule has 4 rings (SSSR count). The maximum Gasteiger partial charge on any atom is 0.326 e. The minimum Gasteiger partial charge on any atom is -0.480 e. The summed E-state index contributed by atoms with van der Waals surface area (Å²) in [5, 5.41) is 10.3. The monoisotopic (exact) mass is 444 g/mol. The van der Waals surface area contributed by atoms with Gasteiger partial charge in [-0.15, -0.1) is 0 Å². The number of ether oxygens (including phenoxy) is 1. The molecule has 2 saturated heterocycles. The summed E-state index contributed by atoms with van der Waals surface area (Å²) >= 11 is 6.39. The van der Waals surface area contributed by atoms with E-state index in [1.165, 1.54) is 6.33 Å². The average molecular weight is 445 g/mol. The fourth-order valence-electron chi connectivity index (χ4n) is 4.67. The summed E-state index contributed by atoms with van der Waals surface area (Å²) in [6, 6.07) is 6.21. The number of hydrogen-bond donors (Lipinski definition) is 1. The average Bonchev–Trinajstić information content (AvgIpc) is 3.24. The van der Waals surface area contributed by atoms with Gasteiger partial charge in [0.1, 0.15) is 18.1 Å². The SMILES string of the molecule is COc1ncncc1N1CCC(C(=O)N2[C@@H](c3ccccc3Cl)CC[C@H]2C(=O)O)CC1. The van der Waals surface area contributed by atoms with Gasteiger partial charge < -0.3 is 19.6 Å². The zero-order chi connectivity index (χ0) is 22.0. The Morgan fingerprint density at radius 3 is 2.58 bits per heavy atom. The molecule has 1 aromatic heterocycles. The molecule has 9 heteroatoms. The van der Waals surface area contributed by atoms with Crippen LogP contribution in [0, 0.1) is 5.92 Å². The minimum absolute atomic E-state index is 0.106. The summed E-state index contributed by atoms with van der Waals surface area (Å²) in [4.78, 5) is 37.3. The molecule has 8 nitrogen and oxygen atoms in total. The van der Waals surface area contributed by atoms with Crippen LogP contribution in [0.5, 0.6) is 5.88 Å². The third-order valence-electron chi connectivity index (χ3n) is 6.22. The number of methoxy groups -OCH3 is 1. The Morgan fingerprint density at radius 2 is 1.90 bits per heavy atom. The lowest BCUT2D eigenvalue weighted by Crippen LogP contribution is -2.47. The van der Waals surface area contributed by atoms with E-state index in [1.54, 1.807) is 24.3 Å². The van der Waals surface area contributed by atoms with Crippen LogP contribution in [-0.2, 0) is 9.59 Å². The number of aromatic nitrogens is 2. The van der Waals surface area contributed by atoms with Gasteiger partial charge in [-0.05, 0) is 37.3 Å². The van der Waals surface area contributed by atoms with Crippen LogP contribution in [0.3, 0.4) is 0 Å². The molecule has 1 N–H and O–H groups in total. The predicted octanol–water partition coefficient (Wildman–Crippen LogP) is 3.17. The molecular formula is C22H25ClN4O4. The Labute approximate surface area is 185 Å². The zero-order valence-corrected chi connectivity index (χ0v) is 18.0. The summed E-state index contributed by atoms with van der Waals surface area (Å²) in [5.41, 5.74) is 1.61. The van der Waals surface area contributed by atoms with Gasteiger partial charge >= 0.3 is 5.97 Å². The van der Waals surface area contributed by atoms with E-state index in [1.807, 2.05) is 18.2 Å². The van der Waals surface area contributed by atoms with Crippen molar-refractivity contribution < 1.29 is 19.4 Å². The normalized spacial score (nSPS) is 21.9. The minimum atomic E-state index is -0.966. The highest BCUT2D eigenvalue weighted by Crippen LogP contribution is 2.41. The van der Waals surface area contributed by atoms with E-state index in [-0.39, 0.29) is 17.9 Å². The van der Waals surface area contributed by atoms with Crippen LogP contribution < -0.4 is 9.64 Å². The highest BCUT2D eigenvalue weighted by molar-refractivity contribution is 6.31. The molecule has 0 aliphatic carbocycles. The number of carboxylic acids is 1. The first-order valence-electron chi connectivity index (χ1n) is 10.4. The lowest BCUT2D eigenvalue weighted by Gasteiger charge is -2.37. The molecular weight excluding hydrogens is 420 g/mol. The van der Waals surface area contributed by atoms with Crippen molar-refractivity contribution in [3.63, 3.8) is 0 Å². The van der Waals surface area contributed by atoms with Gasteiger partial charge in [0.15, 0.2) is 0 Å². The van der Waals surface area contributed by atoms with Gasteiger partial charge in [0.05, 0.1) is 19.3 Å². The highest BCUT2D eigenvalue weighted by Gasteiger charge is 2.44. The van der Waals surface area contributed by atoms with Crippen molar-refractivity contribution in [1.29, 1.82) is 0 Å². The first kappa shape index (κ1) is 21.4. The van der Waals surface area contributed by atoms with Crippen LogP contribution in [0.4, 0.5) is 5.69 Å². The van der Waals surface area contributed by atoms with E-state index in [0.29, 0.717) is 49.7 Å². The number of hydrogen-bond acceptors (Lipinski definition) is 6. The second-order valence-electron chi connectivity index (χ2n) is 7.89. The zero-order valence-electron chi connectivity index (χ0n) is 17.3. The molecule has 2 atom stereocenters. The van der Waals surface area contributed by atoms with Gasteiger partial charge in [0.2, 0.25) is 11.8 Å². The van der Waals surface area contributed by atoms with Crippen LogP contribution in [0.25, 0.3) is 0 Å². The van der Waals surface area contributed by atoms with Crippen molar-refractivity contribution in [2.24, 2.45) is 5.92 Å². The van der Waals surface area contributed by atoms with Crippen LogP contribution >= 0.6 is 11.6 Å². The quantitative estimate of drug-likeness (QED) is 0.756. The largest absolute Gasteiger partial charge is 0.480 e. The molecule has 2 fully saturated rings. The molecule has 2 aliphatic rings. The van der Waals surface area contributed by atoms with Gasteiger partial charge in [-0.3, -0.25) is 4.79 Å². The molecule has 31 heavy (non-hydrogen) atoms. The molecule has 0 saturated carbocycles. The van der Waals surface area contributed by atoms with Crippen molar-refractivity contribution in [2.75, 3.05) is 25.1 Å². The van der Waals surface area contributed by atoms with E-state index in [0.717, 1.165) is 11.3 Å².